The molecule has 0 atom stereocenters. The van der Waals surface area contributed by atoms with Gasteiger partial charge in [0.05, 0.1) is 5.75 Å². The first kappa shape index (κ1) is 13.9. The highest BCUT2D eigenvalue weighted by Crippen LogP contribution is 2.04. The lowest BCUT2D eigenvalue weighted by Crippen LogP contribution is -2.22. The number of rotatable bonds is 5. The Morgan fingerprint density at radius 2 is 2.27 bits per heavy atom. The molecule has 0 rings (SSSR count). The zero-order valence-corrected chi connectivity index (χ0v) is 9.84. The lowest BCUT2D eigenvalue weighted by molar-refractivity contribution is -0.105. The molecule has 15 heavy (non-hydrogen) atoms. The van der Waals surface area contributed by atoms with Gasteiger partial charge in [-0.15, -0.1) is 0 Å². The second kappa shape index (κ2) is 8.25. The molecular weight excluding hydrogens is 218 g/mol. The predicted molar refractivity (Wildman–Crippen MR) is 60.1 cm³/mol. The molecule has 0 unspecified atom stereocenters. The number of amides is 1. The maximum Gasteiger partial charge on any atom is 0.433 e. The van der Waals surface area contributed by atoms with Crippen molar-refractivity contribution < 1.29 is 14.4 Å². The summed E-state index contributed by atoms with van der Waals surface area (Å²) < 4.78 is 0. The van der Waals surface area contributed by atoms with Crippen LogP contribution in [0, 0.1) is 0 Å². The van der Waals surface area contributed by atoms with Crippen molar-refractivity contribution in [3.8, 4) is 0 Å². The Hall–Kier alpha value is -1.08. The van der Waals surface area contributed by atoms with Crippen LogP contribution in [0.3, 0.4) is 0 Å². The fourth-order valence-electron chi connectivity index (χ4n) is 0.640. The van der Waals surface area contributed by atoms with Gasteiger partial charge in [0.25, 0.3) is 0 Å². The average molecular weight is 233 g/mol. The summed E-state index contributed by atoms with van der Waals surface area (Å²) in [6.07, 6.45) is 0.147. The van der Waals surface area contributed by atoms with Gasteiger partial charge in [-0.3, -0.25) is 4.84 Å². The highest BCUT2D eigenvalue weighted by molar-refractivity contribution is 8.14. The number of carbonyl (C=O) groups excluding carboxylic acids is 2. The standard InChI is InChI=1S/C8H15N3O3S/c1-9-8(13)14-10-7(6-11(2)3)15-5-4-12/h4H,5-6H2,1-3H3,(H,9,13)/b10-7+. The third kappa shape index (κ3) is 7.95. The maximum absolute atomic E-state index is 10.7. The van der Waals surface area contributed by atoms with Crippen molar-refractivity contribution in [3.63, 3.8) is 0 Å². The lowest BCUT2D eigenvalue weighted by atomic mass is 10.6. The molecule has 0 fully saturated rings. The van der Waals surface area contributed by atoms with Gasteiger partial charge in [0.1, 0.15) is 11.3 Å². The quantitative estimate of drug-likeness (QED) is 0.241. The summed E-state index contributed by atoms with van der Waals surface area (Å²) in [5.41, 5.74) is 0. The van der Waals surface area contributed by atoms with Crippen molar-refractivity contribution in [3.05, 3.63) is 0 Å². The molecule has 0 aromatic heterocycles. The number of carbonyl (C=O) groups is 2. The Morgan fingerprint density at radius 3 is 2.73 bits per heavy atom. The molecule has 0 aromatic rings. The third-order valence-corrected chi connectivity index (χ3v) is 2.04. The maximum atomic E-state index is 10.7. The van der Waals surface area contributed by atoms with E-state index in [1.165, 1.54) is 18.8 Å². The van der Waals surface area contributed by atoms with E-state index in [-0.39, 0.29) is 0 Å². The van der Waals surface area contributed by atoms with E-state index >= 15 is 0 Å². The van der Waals surface area contributed by atoms with E-state index in [1.54, 1.807) is 0 Å². The first-order valence-corrected chi connectivity index (χ1v) is 5.25. The fraction of sp³-hybridized carbons (Fsp3) is 0.625. The van der Waals surface area contributed by atoms with Crippen LogP contribution in [0.1, 0.15) is 0 Å². The van der Waals surface area contributed by atoms with Gasteiger partial charge in [-0.05, 0) is 14.1 Å². The van der Waals surface area contributed by atoms with Gasteiger partial charge >= 0.3 is 6.09 Å². The highest BCUT2D eigenvalue weighted by atomic mass is 32.2. The monoisotopic (exact) mass is 233 g/mol. The van der Waals surface area contributed by atoms with E-state index in [4.69, 9.17) is 0 Å². The van der Waals surface area contributed by atoms with Crippen LogP contribution in [0.25, 0.3) is 0 Å². The predicted octanol–water partition coefficient (Wildman–Crippen LogP) is 0.150. The second-order valence-corrected chi connectivity index (χ2v) is 3.92. The van der Waals surface area contributed by atoms with Crippen molar-refractivity contribution in [2.75, 3.05) is 33.4 Å². The summed E-state index contributed by atoms with van der Waals surface area (Å²) in [6, 6.07) is 0. The molecule has 0 spiro atoms. The van der Waals surface area contributed by atoms with Crippen molar-refractivity contribution in [1.82, 2.24) is 10.2 Å². The number of aldehydes is 1. The SMILES string of the molecule is CNC(=O)O/N=C(\CN(C)C)SCC=O. The van der Waals surface area contributed by atoms with Gasteiger partial charge in [0, 0.05) is 13.6 Å². The van der Waals surface area contributed by atoms with Crippen LogP contribution < -0.4 is 5.32 Å². The van der Waals surface area contributed by atoms with E-state index < -0.39 is 6.09 Å². The molecule has 0 aromatic carbocycles. The summed E-state index contributed by atoms with van der Waals surface area (Å²) in [4.78, 5) is 27.3. The van der Waals surface area contributed by atoms with Crippen LogP contribution in [0.2, 0.25) is 0 Å². The zero-order valence-electron chi connectivity index (χ0n) is 9.02. The Morgan fingerprint density at radius 1 is 1.60 bits per heavy atom. The summed E-state index contributed by atoms with van der Waals surface area (Å²) >= 11 is 1.24. The zero-order chi connectivity index (χ0) is 11.7. The Bertz CT molecular complexity index is 243. The summed E-state index contributed by atoms with van der Waals surface area (Å²) in [7, 11) is 5.16. The number of hydrogen-bond acceptors (Lipinski definition) is 6. The second-order valence-electron chi connectivity index (χ2n) is 2.83. The van der Waals surface area contributed by atoms with Gasteiger partial charge < -0.3 is 15.0 Å². The third-order valence-electron chi connectivity index (χ3n) is 1.20. The topological polar surface area (TPSA) is 71.0 Å². The molecule has 6 nitrogen and oxygen atoms in total. The summed E-state index contributed by atoms with van der Waals surface area (Å²) in [6.45, 7) is 0.523. The van der Waals surface area contributed by atoms with Gasteiger partial charge in [0.2, 0.25) is 0 Å². The van der Waals surface area contributed by atoms with Gasteiger partial charge in [-0.25, -0.2) is 4.79 Å². The summed E-state index contributed by atoms with van der Waals surface area (Å²) in [5, 5.41) is 6.49. The van der Waals surface area contributed by atoms with Crippen LogP contribution in [0.5, 0.6) is 0 Å². The van der Waals surface area contributed by atoms with E-state index in [2.05, 4.69) is 15.3 Å². The molecule has 0 radical (unpaired) electrons. The van der Waals surface area contributed by atoms with Crippen molar-refractivity contribution in [2.45, 2.75) is 0 Å². The molecule has 0 aliphatic rings. The van der Waals surface area contributed by atoms with Crippen molar-refractivity contribution >= 4 is 29.2 Å². The molecule has 7 heteroatoms. The Labute approximate surface area is 93.0 Å². The highest BCUT2D eigenvalue weighted by Gasteiger charge is 2.04. The Kier molecular flexibility index (Phi) is 7.65. The molecular formula is C8H15N3O3S. The Balaban J connectivity index is 4.19. The van der Waals surface area contributed by atoms with Gasteiger partial charge in [-0.2, -0.15) is 0 Å². The van der Waals surface area contributed by atoms with Crippen molar-refractivity contribution in [2.24, 2.45) is 5.16 Å². The number of oxime groups is 1. The van der Waals surface area contributed by atoms with E-state index in [0.29, 0.717) is 17.3 Å². The molecule has 1 amide bonds. The van der Waals surface area contributed by atoms with Crippen LogP contribution in [-0.4, -0.2) is 55.8 Å². The lowest BCUT2D eigenvalue weighted by Gasteiger charge is -2.09. The minimum atomic E-state index is -0.627. The number of nitrogens with one attached hydrogen (secondary N) is 1. The molecule has 0 saturated carbocycles. The summed E-state index contributed by atoms with van der Waals surface area (Å²) in [5.74, 6) is 0.295. The molecule has 0 heterocycles. The van der Waals surface area contributed by atoms with Gasteiger partial charge in [-0.1, -0.05) is 16.9 Å². The van der Waals surface area contributed by atoms with E-state index in [0.717, 1.165) is 6.29 Å². The van der Waals surface area contributed by atoms with E-state index in [1.807, 2.05) is 19.0 Å². The minimum Gasteiger partial charge on any atom is -0.323 e. The normalized spacial score (nSPS) is 11.3. The van der Waals surface area contributed by atoms with Crippen molar-refractivity contribution in [1.29, 1.82) is 0 Å². The van der Waals surface area contributed by atoms with Crippen LogP contribution in [-0.2, 0) is 9.63 Å². The molecule has 1 N–H and O–H groups in total. The van der Waals surface area contributed by atoms with E-state index in [9.17, 15) is 9.59 Å². The molecule has 86 valence electrons. The van der Waals surface area contributed by atoms with Gasteiger partial charge in [0.15, 0.2) is 0 Å². The first-order valence-electron chi connectivity index (χ1n) is 4.27. The molecule has 0 aliphatic heterocycles. The molecule has 0 aliphatic carbocycles. The van der Waals surface area contributed by atoms with Crippen LogP contribution in [0.4, 0.5) is 4.79 Å². The average Bonchev–Trinajstić information content (AvgIpc) is 2.20. The fourth-order valence-corrected chi connectivity index (χ4v) is 1.34. The first-order chi connectivity index (χ1) is 7.10. The largest absolute Gasteiger partial charge is 0.433 e. The minimum absolute atomic E-state index is 0.295. The number of thioether (sulfide) groups is 1. The smallest absolute Gasteiger partial charge is 0.323 e. The van der Waals surface area contributed by atoms with Crippen LogP contribution >= 0.6 is 11.8 Å². The van der Waals surface area contributed by atoms with Crippen LogP contribution in [0.15, 0.2) is 5.16 Å². The molecule has 0 saturated heterocycles. The molecule has 0 bridgehead atoms. The number of hydrogen-bond donors (Lipinski definition) is 1. The number of nitrogens with zero attached hydrogens (tertiary/aromatic N) is 2.